The Bertz CT molecular complexity index is 133. The number of hydrogen-bond donors (Lipinski definition) is 2. The Morgan fingerprint density at radius 1 is 1.58 bits per heavy atom. The van der Waals surface area contributed by atoms with Crippen LogP contribution < -0.4 is 11.5 Å². The summed E-state index contributed by atoms with van der Waals surface area (Å²) in [6.07, 6.45) is 0.650. The monoisotopic (exact) mass is 192 g/mol. The van der Waals surface area contributed by atoms with Gasteiger partial charge in [-0.05, 0) is 12.2 Å². The number of carbonyl (C=O) groups excluding carboxylic acids is 1. The Balaban J connectivity index is 3.31. The summed E-state index contributed by atoms with van der Waals surface area (Å²) < 4.78 is 4.47. The summed E-state index contributed by atoms with van der Waals surface area (Å²) >= 11 is 1.70. The predicted molar refractivity (Wildman–Crippen MR) is 51.0 cm³/mol. The first-order valence-corrected chi connectivity index (χ1v) is 4.99. The predicted octanol–water partition coefficient (Wildman–Crippen LogP) is -0.431. The minimum Gasteiger partial charge on any atom is -0.468 e. The van der Waals surface area contributed by atoms with E-state index in [-0.39, 0.29) is 5.97 Å². The molecule has 0 aliphatic carbocycles. The molecule has 4 nitrogen and oxygen atoms in total. The van der Waals surface area contributed by atoms with Crippen LogP contribution in [0, 0.1) is 0 Å². The third kappa shape index (κ3) is 5.40. The second-order valence-corrected chi connectivity index (χ2v) is 3.54. The Morgan fingerprint density at radius 2 is 2.25 bits per heavy atom. The number of nitrogens with two attached hydrogens (primary N) is 2. The molecule has 5 heteroatoms. The highest BCUT2D eigenvalue weighted by Crippen LogP contribution is 2.03. The van der Waals surface area contributed by atoms with Crippen LogP contribution in [0.2, 0.25) is 0 Å². The van der Waals surface area contributed by atoms with Crippen molar-refractivity contribution in [3.63, 3.8) is 0 Å². The third-order valence-corrected chi connectivity index (χ3v) is 2.39. The van der Waals surface area contributed by atoms with Crippen molar-refractivity contribution in [1.29, 1.82) is 0 Å². The van der Waals surface area contributed by atoms with Crippen molar-refractivity contribution in [2.24, 2.45) is 11.5 Å². The summed E-state index contributed by atoms with van der Waals surface area (Å²) in [6.45, 7) is 0.665. The van der Waals surface area contributed by atoms with Crippen molar-refractivity contribution in [3.05, 3.63) is 0 Å². The molecular weight excluding hydrogens is 176 g/mol. The fourth-order valence-corrected chi connectivity index (χ4v) is 1.46. The molecule has 0 radical (unpaired) electrons. The third-order valence-electron chi connectivity index (χ3n) is 1.34. The van der Waals surface area contributed by atoms with E-state index in [1.807, 2.05) is 0 Å². The number of ether oxygens (including phenoxy) is 1. The molecule has 0 fully saturated rings. The van der Waals surface area contributed by atoms with Gasteiger partial charge in [0.1, 0.15) is 6.04 Å². The van der Waals surface area contributed by atoms with Gasteiger partial charge >= 0.3 is 5.97 Å². The smallest absolute Gasteiger partial charge is 0.322 e. The lowest BCUT2D eigenvalue weighted by molar-refractivity contribution is -0.142. The van der Waals surface area contributed by atoms with E-state index in [4.69, 9.17) is 11.5 Å². The molecule has 72 valence electrons. The zero-order valence-corrected chi connectivity index (χ0v) is 8.10. The lowest BCUT2D eigenvalue weighted by Crippen LogP contribution is -2.32. The van der Waals surface area contributed by atoms with Gasteiger partial charge in [0.25, 0.3) is 0 Å². The highest BCUT2D eigenvalue weighted by Gasteiger charge is 2.12. The van der Waals surface area contributed by atoms with Gasteiger partial charge in [0, 0.05) is 12.3 Å². The van der Waals surface area contributed by atoms with Crippen molar-refractivity contribution in [1.82, 2.24) is 0 Å². The number of methoxy groups -OCH3 is 1. The van der Waals surface area contributed by atoms with Crippen molar-refractivity contribution in [2.45, 2.75) is 12.5 Å². The Hall–Kier alpha value is -0.260. The molecular formula is C7H16N2O2S. The fourth-order valence-electron chi connectivity index (χ4n) is 0.665. The Morgan fingerprint density at radius 3 is 2.75 bits per heavy atom. The molecule has 0 aromatic heterocycles. The maximum atomic E-state index is 10.8. The van der Waals surface area contributed by atoms with Crippen LogP contribution in [-0.4, -0.2) is 37.2 Å². The summed E-state index contributed by atoms with van der Waals surface area (Å²) in [5.41, 5.74) is 10.8. The number of esters is 1. The number of hydrogen-bond acceptors (Lipinski definition) is 5. The molecule has 0 rings (SSSR count). The molecule has 1 atom stereocenters. The summed E-state index contributed by atoms with van der Waals surface area (Å²) in [6, 6.07) is -0.486. The molecule has 0 aliphatic rings. The van der Waals surface area contributed by atoms with E-state index in [9.17, 15) is 4.79 Å². The Labute approximate surface area is 77.0 Å². The van der Waals surface area contributed by atoms with E-state index >= 15 is 0 Å². The van der Waals surface area contributed by atoms with Crippen LogP contribution in [0.15, 0.2) is 0 Å². The van der Waals surface area contributed by atoms with Crippen LogP contribution in [0.5, 0.6) is 0 Å². The minimum atomic E-state index is -0.486. The lowest BCUT2D eigenvalue weighted by atomic mass is 10.2. The second kappa shape index (κ2) is 7.39. The lowest BCUT2D eigenvalue weighted by Gasteiger charge is -2.07. The zero-order valence-electron chi connectivity index (χ0n) is 7.29. The van der Waals surface area contributed by atoms with Crippen LogP contribution in [-0.2, 0) is 9.53 Å². The molecule has 0 aromatic carbocycles. The van der Waals surface area contributed by atoms with E-state index in [0.29, 0.717) is 13.0 Å². The molecule has 0 heterocycles. The second-order valence-electron chi connectivity index (χ2n) is 2.32. The first-order valence-electron chi connectivity index (χ1n) is 3.83. The van der Waals surface area contributed by atoms with Crippen molar-refractivity contribution < 1.29 is 9.53 Å². The SMILES string of the molecule is COC(=O)C(N)CCSCCN. The molecule has 0 aromatic rings. The van der Waals surface area contributed by atoms with Crippen LogP contribution in [0.1, 0.15) is 6.42 Å². The van der Waals surface area contributed by atoms with Crippen LogP contribution in [0.4, 0.5) is 0 Å². The van der Waals surface area contributed by atoms with Gasteiger partial charge in [0.2, 0.25) is 0 Å². The maximum absolute atomic E-state index is 10.8. The molecule has 0 saturated heterocycles. The zero-order chi connectivity index (χ0) is 9.40. The van der Waals surface area contributed by atoms with Gasteiger partial charge in [-0.15, -0.1) is 0 Å². The largest absolute Gasteiger partial charge is 0.468 e. The first-order chi connectivity index (χ1) is 5.72. The van der Waals surface area contributed by atoms with E-state index in [2.05, 4.69) is 4.74 Å². The molecule has 4 N–H and O–H groups in total. The van der Waals surface area contributed by atoms with Gasteiger partial charge < -0.3 is 16.2 Å². The maximum Gasteiger partial charge on any atom is 0.322 e. The minimum absolute atomic E-state index is 0.344. The van der Waals surface area contributed by atoms with E-state index in [0.717, 1.165) is 11.5 Å². The van der Waals surface area contributed by atoms with Gasteiger partial charge in [0.15, 0.2) is 0 Å². The molecule has 0 aliphatic heterocycles. The van der Waals surface area contributed by atoms with Gasteiger partial charge in [-0.25, -0.2) is 0 Å². The Kier molecular flexibility index (Phi) is 7.23. The average molecular weight is 192 g/mol. The van der Waals surface area contributed by atoms with Crippen LogP contribution in [0.25, 0.3) is 0 Å². The van der Waals surface area contributed by atoms with Crippen LogP contribution >= 0.6 is 11.8 Å². The first kappa shape index (κ1) is 11.7. The highest BCUT2D eigenvalue weighted by atomic mass is 32.2. The molecule has 0 saturated carbocycles. The van der Waals surface area contributed by atoms with Gasteiger partial charge in [-0.1, -0.05) is 0 Å². The summed E-state index contributed by atoms with van der Waals surface area (Å²) in [5.74, 6) is 1.42. The molecule has 0 bridgehead atoms. The van der Waals surface area contributed by atoms with Gasteiger partial charge in [-0.3, -0.25) is 4.79 Å². The van der Waals surface area contributed by atoms with Crippen LogP contribution in [0.3, 0.4) is 0 Å². The molecule has 0 spiro atoms. The average Bonchev–Trinajstić information content (AvgIpc) is 2.10. The van der Waals surface area contributed by atoms with Crippen molar-refractivity contribution in [2.75, 3.05) is 25.2 Å². The number of thioether (sulfide) groups is 1. The quantitative estimate of drug-likeness (QED) is 0.441. The number of carbonyl (C=O) groups is 1. The normalized spacial score (nSPS) is 12.6. The molecule has 1 unspecified atom stereocenters. The molecule has 12 heavy (non-hydrogen) atoms. The fraction of sp³-hybridized carbons (Fsp3) is 0.857. The molecule has 0 amide bonds. The van der Waals surface area contributed by atoms with E-state index < -0.39 is 6.04 Å². The van der Waals surface area contributed by atoms with E-state index in [1.54, 1.807) is 11.8 Å². The van der Waals surface area contributed by atoms with Gasteiger partial charge in [0.05, 0.1) is 7.11 Å². The van der Waals surface area contributed by atoms with Crippen molar-refractivity contribution >= 4 is 17.7 Å². The van der Waals surface area contributed by atoms with Crippen molar-refractivity contribution in [3.8, 4) is 0 Å². The number of rotatable bonds is 6. The summed E-state index contributed by atoms with van der Waals surface area (Å²) in [4.78, 5) is 10.8. The summed E-state index contributed by atoms with van der Waals surface area (Å²) in [5, 5.41) is 0. The van der Waals surface area contributed by atoms with E-state index in [1.165, 1.54) is 7.11 Å². The standard InChI is InChI=1S/C7H16N2O2S/c1-11-7(10)6(9)2-4-12-5-3-8/h6H,2-5,8-9H2,1H3. The summed E-state index contributed by atoms with van der Waals surface area (Å²) in [7, 11) is 1.34. The topological polar surface area (TPSA) is 78.3 Å². The highest BCUT2D eigenvalue weighted by molar-refractivity contribution is 7.99. The van der Waals surface area contributed by atoms with Gasteiger partial charge in [-0.2, -0.15) is 11.8 Å².